The van der Waals surface area contributed by atoms with Crippen molar-refractivity contribution in [1.29, 1.82) is 0 Å². The predicted octanol–water partition coefficient (Wildman–Crippen LogP) is 3.50. The van der Waals surface area contributed by atoms with E-state index in [1.807, 2.05) is 0 Å². The number of aromatic nitrogens is 2. The number of benzene rings is 1. The number of hydrogen-bond acceptors (Lipinski definition) is 5. The summed E-state index contributed by atoms with van der Waals surface area (Å²) in [5.74, 6) is 2.19. The molecule has 106 valence electrons. The molecule has 1 N–H and O–H groups in total. The van der Waals surface area contributed by atoms with Crippen molar-refractivity contribution < 1.29 is 14.4 Å². The first-order valence-electron chi connectivity index (χ1n) is 6.99. The smallest absolute Gasteiger partial charge is 0.258 e. The van der Waals surface area contributed by atoms with Crippen molar-refractivity contribution >= 4 is 0 Å². The molecule has 0 spiro atoms. The van der Waals surface area contributed by atoms with E-state index in [1.165, 1.54) is 26.4 Å². The Bertz CT molecular complexity index is 589. The predicted molar refractivity (Wildman–Crippen MR) is 73.8 cm³/mol. The van der Waals surface area contributed by atoms with Gasteiger partial charge in [0.05, 0.1) is 7.11 Å². The molecule has 1 saturated carbocycles. The Labute approximate surface area is 117 Å². The zero-order valence-corrected chi connectivity index (χ0v) is 11.5. The van der Waals surface area contributed by atoms with Crippen LogP contribution in [0.25, 0.3) is 11.5 Å². The largest absolute Gasteiger partial charge is 0.504 e. The first-order chi connectivity index (χ1) is 9.78. The Morgan fingerprint density at radius 1 is 1.25 bits per heavy atom. The summed E-state index contributed by atoms with van der Waals surface area (Å²) in [4.78, 5) is 4.49. The number of phenols is 1. The molecule has 0 bridgehead atoms. The van der Waals surface area contributed by atoms with E-state index in [4.69, 9.17) is 9.26 Å². The van der Waals surface area contributed by atoms with Gasteiger partial charge in [0.2, 0.25) is 0 Å². The number of phenolic OH excluding ortho intramolecular Hbond substituents is 1. The van der Waals surface area contributed by atoms with Crippen LogP contribution in [0.3, 0.4) is 0 Å². The standard InChI is InChI=1S/C15H18N2O3/c1-19-13-9-11(7-8-12(13)18)15-16-14(17-20-15)10-5-3-2-4-6-10/h7-10,18H,2-6H2,1H3. The van der Waals surface area contributed by atoms with Crippen molar-refractivity contribution in [3.63, 3.8) is 0 Å². The lowest BCUT2D eigenvalue weighted by atomic mass is 9.89. The second-order valence-corrected chi connectivity index (χ2v) is 5.18. The van der Waals surface area contributed by atoms with Gasteiger partial charge in [-0.3, -0.25) is 0 Å². The molecule has 0 radical (unpaired) electrons. The monoisotopic (exact) mass is 274 g/mol. The lowest BCUT2D eigenvalue weighted by Crippen LogP contribution is -2.06. The van der Waals surface area contributed by atoms with Gasteiger partial charge in [-0.2, -0.15) is 4.98 Å². The van der Waals surface area contributed by atoms with Crippen molar-refractivity contribution in [2.45, 2.75) is 38.0 Å². The second kappa shape index (κ2) is 5.53. The zero-order valence-electron chi connectivity index (χ0n) is 11.5. The van der Waals surface area contributed by atoms with E-state index in [1.54, 1.807) is 18.2 Å². The molecule has 3 rings (SSSR count). The van der Waals surface area contributed by atoms with E-state index in [0.717, 1.165) is 24.2 Å². The average molecular weight is 274 g/mol. The van der Waals surface area contributed by atoms with Crippen LogP contribution in [0.2, 0.25) is 0 Å². The molecule has 1 aliphatic carbocycles. The van der Waals surface area contributed by atoms with Crippen LogP contribution in [0, 0.1) is 0 Å². The van der Waals surface area contributed by atoms with E-state index in [9.17, 15) is 5.11 Å². The first kappa shape index (κ1) is 13.0. The number of ether oxygens (including phenoxy) is 1. The van der Waals surface area contributed by atoms with Gasteiger partial charge in [-0.1, -0.05) is 24.4 Å². The van der Waals surface area contributed by atoms with Crippen LogP contribution in [0.15, 0.2) is 22.7 Å². The van der Waals surface area contributed by atoms with Gasteiger partial charge in [0.1, 0.15) is 0 Å². The Morgan fingerprint density at radius 2 is 2.05 bits per heavy atom. The number of hydrogen-bond donors (Lipinski definition) is 1. The summed E-state index contributed by atoms with van der Waals surface area (Å²) in [5, 5.41) is 13.7. The number of nitrogens with zero attached hydrogens (tertiary/aromatic N) is 2. The SMILES string of the molecule is COc1cc(-c2nc(C3CCCCC3)no2)ccc1O. The maximum absolute atomic E-state index is 9.60. The van der Waals surface area contributed by atoms with Gasteiger partial charge in [0.25, 0.3) is 5.89 Å². The number of methoxy groups -OCH3 is 1. The highest BCUT2D eigenvalue weighted by Gasteiger charge is 2.21. The minimum absolute atomic E-state index is 0.100. The highest BCUT2D eigenvalue weighted by molar-refractivity contribution is 5.59. The normalized spacial score (nSPS) is 16.2. The zero-order chi connectivity index (χ0) is 13.9. The van der Waals surface area contributed by atoms with E-state index >= 15 is 0 Å². The van der Waals surface area contributed by atoms with Crippen LogP contribution in [-0.4, -0.2) is 22.4 Å². The van der Waals surface area contributed by atoms with Gasteiger partial charge in [0.15, 0.2) is 17.3 Å². The third-order valence-electron chi connectivity index (χ3n) is 3.84. The summed E-state index contributed by atoms with van der Waals surface area (Å²) in [5.41, 5.74) is 0.759. The molecule has 5 heteroatoms. The maximum Gasteiger partial charge on any atom is 0.258 e. The summed E-state index contributed by atoms with van der Waals surface area (Å²) >= 11 is 0. The Morgan fingerprint density at radius 3 is 2.80 bits per heavy atom. The molecule has 20 heavy (non-hydrogen) atoms. The van der Waals surface area contributed by atoms with Crippen LogP contribution in [-0.2, 0) is 0 Å². The molecule has 0 amide bonds. The second-order valence-electron chi connectivity index (χ2n) is 5.18. The molecule has 0 saturated heterocycles. The van der Waals surface area contributed by atoms with Gasteiger partial charge in [-0.05, 0) is 31.0 Å². The summed E-state index contributed by atoms with van der Waals surface area (Å²) in [6, 6.07) is 5.02. The van der Waals surface area contributed by atoms with Gasteiger partial charge in [-0.15, -0.1) is 0 Å². The van der Waals surface area contributed by atoms with Crippen LogP contribution in [0.4, 0.5) is 0 Å². The Kier molecular flexibility index (Phi) is 3.58. The van der Waals surface area contributed by atoms with E-state index in [-0.39, 0.29) is 5.75 Å². The fourth-order valence-corrected chi connectivity index (χ4v) is 2.69. The van der Waals surface area contributed by atoms with E-state index < -0.39 is 0 Å². The molecule has 1 fully saturated rings. The molecular weight excluding hydrogens is 256 g/mol. The van der Waals surface area contributed by atoms with Crippen molar-refractivity contribution in [2.75, 3.05) is 7.11 Å². The highest BCUT2D eigenvalue weighted by Crippen LogP contribution is 2.34. The minimum Gasteiger partial charge on any atom is -0.504 e. The fourth-order valence-electron chi connectivity index (χ4n) is 2.69. The van der Waals surface area contributed by atoms with Crippen molar-refractivity contribution in [3.8, 4) is 23.0 Å². The fraction of sp³-hybridized carbons (Fsp3) is 0.467. The highest BCUT2D eigenvalue weighted by atomic mass is 16.5. The van der Waals surface area contributed by atoms with Crippen LogP contribution >= 0.6 is 0 Å². The van der Waals surface area contributed by atoms with Crippen LogP contribution in [0.5, 0.6) is 11.5 Å². The number of rotatable bonds is 3. The van der Waals surface area contributed by atoms with E-state index in [2.05, 4.69) is 10.1 Å². The lowest BCUT2D eigenvalue weighted by molar-refractivity contribution is 0.372. The van der Waals surface area contributed by atoms with Crippen molar-refractivity contribution in [2.24, 2.45) is 0 Å². The topological polar surface area (TPSA) is 68.4 Å². The first-order valence-corrected chi connectivity index (χ1v) is 6.99. The molecule has 0 aliphatic heterocycles. The molecule has 1 aliphatic rings. The molecule has 1 heterocycles. The van der Waals surface area contributed by atoms with Gasteiger partial charge in [-0.25, -0.2) is 0 Å². The molecule has 1 aromatic heterocycles. The third-order valence-corrected chi connectivity index (χ3v) is 3.84. The molecule has 0 unspecified atom stereocenters. The van der Waals surface area contributed by atoms with Gasteiger partial charge in [0, 0.05) is 11.5 Å². The molecule has 2 aromatic rings. The van der Waals surface area contributed by atoms with Crippen LogP contribution < -0.4 is 4.74 Å². The molecule has 5 nitrogen and oxygen atoms in total. The van der Waals surface area contributed by atoms with Gasteiger partial charge >= 0.3 is 0 Å². The molecule has 1 aromatic carbocycles. The molecular formula is C15H18N2O3. The minimum atomic E-state index is 0.100. The van der Waals surface area contributed by atoms with E-state index in [0.29, 0.717) is 17.6 Å². The molecule has 0 atom stereocenters. The third kappa shape index (κ3) is 2.48. The lowest BCUT2D eigenvalue weighted by Gasteiger charge is -2.17. The Balaban J connectivity index is 1.85. The number of aromatic hydroxyl groups is 1. The summed E-state index contributed by atoms with van der Waals surface area (Å²) in [7, 11) is 1.51. The summed E-state index contributed by atoms with van der Waals surface area (Å²) < 4.78 is 10.4. The Hall–Kier alpha value is -2.04. The maximum atomic E-state index is 9.60. The summed E-state index contributed by atoms with van der Waals surface area (Å²) in [6.07, 6.45) is 6.05. The van der Waals surface area contributed by atoms with Crippen molar-refractivity contribution in [1.82, 2.24) is 10.1 Å². The van der Waals surface area contributed by atoms with Crippen LogP contribution in [0.1, 0.15) is 43.8 Å². The van der Waals surface area contributed by atoms with Crippen molar-refractivity contribution in [3.05, 3.63) is 24.0 Å². The van der Waals surface area contributed by atoms with Gasteiger partial charge < -0.3 is 14.4 Å². The quantitative estimate of drug-likeness (QED) is 0.927. The summed E-state index contributed by atoms with van der Waals surface area (Å²) in [6.45, 7) is 0. The average Bonchev–Trinajstić information content (AvgIpc) is 2.98.